The number of rotatable bonds is 6. The molecule has 1 heterocycles. The highest BCUT2D eigenvalue weighted by atomic mass is 32.1. The van der Waals surface area contributed by atoms with Gasteiger partial charge in [-0.1, -0.05) is 49.6 Å². The number of carbonyl (C=O) groups is 2. The van der Waals surface area contributed by atoms with E-state index in [1.54, 1.807) is 4.90 Å². The molecular weight excluding hydrogens is 372 g/mol. The van der Waals surface area contributed by atoms with Gasteiger partial charge in [-0.2, -0.15) is 0 Å². The molecule has 2 aromatic rings. The number of urea groups is 1. The summed E-state index contributed by atoms with van der Waals surface area (Å²) in [5, 5.41) is 6.41. The van der Waals surface area contributed by atoms with Gasteiger partial charge >= 0.3 is 6.03 Å². The Labute approximate surface area is 170 Å². The Morgan fingerprint density at radius 1 is 1.14 bits per heavy atom. The van der Waals surface area contributed by atoms with Crippen LogP contribution in [-0.2, 0) is 11.3 Å². The fourth-order valence-electron chi connectivity index (χ4n) is 3.47. The Hall–Kier alpha value is -2.41. The molecule has 2 N–H and O–H groups in total. The van der Waals surface area contributed by atoms with Crippen LogP contribution >= 0.6 is 11.3 Å². The maximum atomic E-state index is 12.9. The lowest BCUT2D eigenvalue weighted by Crippen LogP contribution is -2.49. The molecule has 0 saturated heterocycles. The van der Waals surface area contributed by atoms with E-state index in [1.807, 2.05) is 44.2 Å². The van der Waals surface area contributed by atoms with E-state index in [0.717, 1.165) is 41.8 Å². The van der Waals surface area contributed by atoms with Gasteiger partial charge in [0, 0.05) is 17.5 Å². The van der Waals surface area contributed by atoms with Gasteiger partial charge < -0.3 is 15.5 Å². The van der Waals surface area contributed by atoms with Crippen LogP contribution < -0.4 is 10.6 Å². The van der Waals surface area contributed by atoms with Crippen LogP contribution in [-0.4, -0.2) is 34.4 Å². The average Bonchev–Trinajstić information content (AvgIpc) is 3.02. The van der Waals surface area contributed by atoms with Crippen LogP contribution in [0.3, 0.4) is 0 Å². The van der Waals surface area contributed by atoms with Crippen molar-refractivity contribution in [2.75, 3.05) is 11.9 Å². The Morgan fingerprint density at radius 2 is 1.86 bits per heavy atom. The summed E-state index contributed by atoms with van der Waals surface area (Å²) in [6.07, 6.45) is 5.28. The van der Waals surface area contributed by atoms with Crippen molar-refractivity contribution in [1.82, 2.24) is 15.2 Å². The van der Waals surface area contributed by atoms with Crippen LogP contribution in [0.15, 0.2) is 30.3 Å². The third-order valence-corrected chi connectivity index (χ3v) is 6.14. The smallest absolute Gasteiger partial charge is 0.318 e. The molecule has 0 aliphatic heterocycles. The molecule has 7 heteroatoms. The minimum absolute atomic E-state index is 0.0446. The first-order valence-corrected chi connectivity index (χ1v) is 10.7. The summed E-state index contributed by atoms with van der Waals surface area (Å²) in [5.74, 6) is -0.200. The van der Waals surface area contributed by atoms with Gasteiger partial charge in [0.1, 0.15) is 6.54 Å². The molecule has 150 valence electrons. The Morgan fingerprint density at radius 3 is 2.50 bits per heavy atom. The van der Waals surface area contributed by atoms with E-state index in [1.165, 1.54) is 17.8 Å². The van der Waals surface area contributed by atoms with Crippen molar-refractivity contribution < 1.29 is 9.59 Å². The summed E-state index contributed by atoms with van der Waals surface area (Å²) in [4.78, 5) is 32.6. The second-order valence-electron chi connectivity index (χ2n) is 7.27. The van der Waals surface area contributed by atoms with Crippen LogP contribution in [0.25, 0.3) is 0 Å². The molecule has 0 bridgehead atoms. The number of amides is 3. The van der Waals surface area contributed by atoms with E-state index in [9.17, 15) is 9.59 Å². The summed E-state index contributed by atoms with van der Waals surface area (Å²) in [6.45, 7) is 4.40. The number of carbonyl (C=O) groups excluding carboxylic acids is 2. The van der Waals surface area contributed by atoms with Gasteiger partial charge in [-0.15, -0.1) is 11.3 Å². The second kappa shape index (κ2) is 9.68. The molecule has 1 aliphatic carbocycles. The van der Waals surface area contributed by atoms with Crippen molar-refractivity contribution in [2.45, 2.75) is 58.5 Å². The number of hydrogen-bond acceptors (Lipinski definition) is 4. The van der Waals surface area contributed by atoms with Crippen LogP contribution in [0.5, 0.6) is 0 Å². The van der Waals surface area contributed by atoms with Gasteiger partial charge in [-0.3, -0.25) is 4.79 Å². The van der Waals surface area contributed by atoms with Gasteiger partial charge in [0.2, 0.25) is 5.91 Å². The molecule has 6 nitrogen and oxygen atoms in total. The van der Waals surface area contributed by atoms with Crippen LogP contribution in [0.2, 0.25) is 0 Å². The maximum absolute atomic E-state index is 12.9. The number of aryl methyl sites for hydroxylation is 2. The predicted octanol–water partition coefficient (Wildman–Crippen LogP) is 4.24. The number of aromatic nitrogens is 1. The zero-order valence-electron chi connectivity index (χ0n) is 16.5. The first kappa shape index (κ1) is 20.3. The molecule has 3 rings (SSSR count). The lowest BCUT2D eigenvalue weighted by atomic mass is 9.94. The number of hydrogen-bond donors (Lipinski definition) is 2. The molecule has 0 radical (unpaired) electrons. The van der Waals surface area contributed by atoms with E-state index in [2.05, 4.69) is 15.6 Å². The van der Waals surface area contributed by atoms with Crippen molar-refractivity contribution in [3.63, 3.8) is 0 Å². The van der Waals surface area contributed by atoms with Crippen LogP contribution in [0, 0.1) is 13.8 Å². The summed E-state index contributed by atoms with van der Waals surface area (Å²) < 4.78 is 0. The average molecular weight is 401 g/mol. The molecule has 1 saturated carbocycles. The molecule has 1 fully saturated rings. The number of thiazole rings is 1. The number of benzene rings is 1. The predicted molar refractivity (Wildman–Crippen MR) is 112 cm³/mol. The third kappa shape index (κ3) is 5.55. The Bertz CT molecular complexity index is 780. The summed E-state index contributed by atoms with van der Waals surface area (Å²) in [5.41, 5.74) is 1.96. The molecular formula is C21H28N4O2S. The molecule has 0 spiro atoms. The summed E-state index contributed by atoms with van der Waals surface area (Å²) >= 11 is 1.46. The standard InChI is InChI=1S/C21H28N4O2S/c1-15-16(2)28-20(23-15)24-19(26)14-25(18-11-7-4-8-12-18)21(27)22-13-17-9-5-3-6-10-17/h3,5-6,9-10,18H,4,7-8,11-14H2,1-2H3,(H,22,27)(H,23,24,26). The highest BCUT2D eigenvalue weighted by Gasteiger charge is 2.27. The summed E-state index contributed by atoms with van der Waals surface area (Å²) in [6, 6.07) is 9.73. The topological polar surface area (TPSA) is 74.3 Å². The van der Waals surface area contributed by atoms with Gasteiger partial charge in [0.15, 0.2) is 5.13 Å². The van der Waals surface area contributed by atoms with Crippen molar-refractivity contribution in [1.29, 1.82) is 0 Å². The summed E-state index contributed by atoms with van der Waals surface area (Å²) in [7, 11) is 0. The van der Waals surface area contributed by atoms with E-state index in [0.29, 0.717) is 11.7 Å². The van der Waals surface area contributed by atoms with E-state index in [-0.39, 0.29) is 24.5 Å². The fraction of sp³-hybridized carbons (Fsp3) is 0.476. The largest absolute Gasteiger partial charge is 0.334 e. The quantitative estimate of drug-likeness (QED) is 0.761. The Balaban J connectivity index is 1.63. The third-order valence-electron chi connectivity index (χ3n) is 5.15. The normalized spacial score (nSPS) is 14.5. The zero-order chi connectivity index (χ0) is 19.9. The first-order chi connectivity index (χ1) is 13.5. The van der Waals surface area contributed by atoms with E-state index >= 15 is 0 Å². The minimum Gasteiger partial charge on any atom is -0.334 e. The van der Waals surface area contributed by atoms with Crippen molar-refractivity contribution >= 4 is 28.4 Å². The van der Waals surface area contributed by atoms with E-state index in [4.69, 9.17) is 0 Å². The second-order valence-corrected chi connectivity index (χ2v) is 8.48. The lowest BCUT2D eigenvalue weighted by molar-refractivity contribution is -0.117. The number of nitrogens with zero attached hydrogens (tertiary/aromatic N) is 2. The molecule has 1 aliphatic rings. The highest BCUT2D eigenvalue weighted by molar-refractivity contribution is 7.15. The Kier molecular flexibility index (Phi) is 7.03. The highest BCUT2D eigenvalue weighted by Crippen LogP contribution is 2.24. The van der Waals surface area contributed by atoms with Crippen LogP contribution in [0.1, 0.15) is 48.2 Å². The number of nitrogens with one attached hydrogen (secondary N) is 2. The SMILES string of the molecule is Cc1nc(NC(=O)CN(C(=O)NCc2ccccc2)C2CCCCC2)sc1C. The molecule has 1 aromatic carbocycles. The zero-order valence-corrected chi connectivity index (χ0v) is 17.3. The van der Waals surface area contributed by atoms with Gasteiger partial charge in [0.05, 0.1) is 5.69 Å². The van der Waals surface area contributed by atoms with Gasteiger partial charge in [-0.05, 0) is 32.3 Å². The lowest BCUT2D eigenvalue weighted by Gasteiger charge is -2.33. The fourth-order valence-corrected chi connectivity index (χ4v) is 4.31. The molecule has 0 atom stereocenters. The van der Waals surface area contributed by atoms with Crippen molar-refractivity contribution in [3.05, 3.63) is 46.5 Å². The molecule has 3 amide bonds. The van der Waals surface area contributed by atoms with E-state index < -0.39 is 0 Å². The minimum atomic E-state index is -0.200. The van der Waals surface area contributed by atoms with Gasteiger partial charge in [-0.25, -0.2) is 9.78 Å². The van der Waals surface area contributed by atoms with Crippen molar-refractivity contribution in [2.24, 2.45) is 0 Å². The molecule has 1 aromatic heterocycles. The monoisotopic (exact) mass is 400 g/mol. The maximum Gasteiger partial charge on any atom is 0.318 e. The number of anilines is 1. The van der Waals surface area contributed by atoms with Crippen molar-refractivity contribution in [3.8, 4) is 0 Å². The van der Waals surface area contributed by atoms with Gasteiger partial charge in [0.25, 0.3) is 0 Å². The van der Waals surface area contributed by atoms with Crippen LogP contribution in [0.4, 0.5) is 9.93 Å². The molecule has 0 unspecified atom stereocenters. The molecule has 28 heavy (non-hydrogen) atoms. The first-order valence-electron chi connectivity index (χ1n) is 9.85.